The predicted molar refractivity (Wildman–Crippen MR) is 78.7 cm³/mol. The minimum atomic E-state index is -0.522. The number of benzene rings is 2. The molecule has 0 N–H and O–H groups in total. The van der Waals surface area contributed by atoms with Crippen LogP contribution < -0.4 is 5.56 Å². The molecule has 1 heterocycles. The van der Waals surface area contributed by atoms with E-state index in [1.165, 1.54) is 22.8 Å². The van der Waals surface area contributed by atoms with Crippen LogP contribution in [0.25, 0.3) is 16.6 Å². The summed E-state index contributed by atoms with van der Waals surface area (Å²) >= 11 is 0. The molecule has 104 valence electrons. The van der Waals surface area contributed by atoms with Gasteiger partial charge in [-0.15, -0.1) is 0 Å². The van der Waals surface area contributed by atoms with E-state index in [1.807, 2.05) is 18.2 Å². The van der Waals surface area contributed by atoms with Crippen LogP contribution in [0.15, 0.2) is 53.3 Å². The molecule has 2 aromatic carbocycles. The third kappa shape index (κ3) is 2.16. The Bertz CT molecular complexity index is 901. The highest BCUT2D eigenvalue weighted by atomic mass is 16.6. The topological polar surface area (TPSA) is 78.0 Å². The SMILES string of the molecule is Cc1nc2ccc([N+](=O)[O-])cc2c(=O)n1-c1ccccc1. The highest BCUT2D eigenvalue weighted by molar-refractivity contribution is 5.80. The molecule has 6 heteroatoms. The van der Waals surface area contributed by atoms with Crippen molar-refractivity contribution in [3.8, 4) is 5.69 Å². The van der Waals surface area contributed by atoms with Gasteiger partial charge >= 0.3 is 0 Å². The first kappa shape index (κ1) is 13.0. The van der Waals surface area contributed by atoms with Gasteiger partial charge in [-0.25, -0.2) is 4.98 Å². The molecular formula is C15H11N3O3. The van der Waals surface area contributed by atoms with Crippen molar-refractivity contribution >= 4 is 16.6 Å². The average Bonchev–Trinajstić information content (AvgIpc) is 2.48. The number of nitro benzene ring substituents is 1. The van der Waals surface area contributed by atoms with Gasteiger partial charge < -0.3 is 0 Å². The van der Waals surface area contributed by atoms with Crippen LogP contribution in [0.3, 0.4) is 0 Å². The molecule has 0 saturated heterocycles. The Morgan fingerprint density at radius 1 is 1.14 bits per heavy atom. The second-order valence-electron chi connectivity index (χ2n) is 4.59. The molecule has 0 spiro atoms. The average molecular weight is 281 g/mol. The van der Waals surface area contributed by atoms with Crippen molar-refractivity contribution in [3.63, 3.8) is 0 Å². The lowest BCUT2D eigenvalue weighted by atomic mass is 10.2. The standard InChI is InChI=1S/C15H11N3O3/c1-10-16-14-8-7-12(18(20)21)9-13(14)15(19)17(10)11-5-3-2-4-6-11/h2-9H,1H3. The summed E-state index contributed by atoms with van der Waals surface area (Å²) in [5, 5.41) is 11.1. The summed E-state index contributed by atoms with van der Waals surface area (Å²) in [4.78, 5) is 27.3. The van der Waals surface area contributed by atoms with Crippen molar-refractivity contribution in [2.24, 2.45) is 0 Å². The summed E-state index contributed by atoms with van der Waals surface area (Å²) in [6, 6.07) is 13.2. The van der Waals surface area contributed by atoms with Crippen LogP contribution in [0.1, 0.15) is 5.82 Å². The lowest BCUT2D eigenvalue weighted by molar-refractivity contribution is -0.384. The van der Waals surface area contributed by atoms with E-state index in [0.717, 1.165) is 0 Å². The van der Waals surface area contributed by atoms with Crippen molar-refractivity contribution < 1.29 is 4.92 Å². The van der Waals surface area contributed by atoms with Gasteiger partial charge in [-0.05, 0) is 25.1 Å². The summed E-state index contributed by atoms with van der Waals surface area (Å²) in [5.41, 5.74) is 0.702. The third-order valence-corrected chi connectivity index (χ3v) is 3.24. The molecule has 6 nitrogen and oxygen atoms in total. The first-order chi connectivity index (χ1) is 10.1. The van der Waals surface area contributed by atoms with Gasteiger partial charge in [0.1, 0.15) is 5.82 Å². The number of rotatable bonds is 2. The van der Waals surface area contributed by atoms with Crippen molar-refractivity contribution in [2.45, 2.75) is 6.92 Å². The summed E-state index contributed by atoms with van der Waals surface area (Å²) < 4.78 is 1.45. The second kappa shape index (κ2) is 4.82. The molecule has 21 heavy (non-hydrogen) atoms. The molecule has 3 rings (SSSR count). The van der Waals surface area contributed by atoms with E-state index < -0.39 is 4.92 Å². The number of nitrogens with zero attached hydrogens (tertiary/aromatic N) is 3. The summed E-state index contributed by atoms with van der Waals surface area (Å²) in [7, 11) is 0. The lowest BCUT2D eigenvalue weighted by Crippen LogP contribution is -2.22. The van der Waals surface area contributed by atoms with Gasteiger partial charge in [0.15, 0.2) is 0 Å². The third-order valence-electron chi connectivity index (χ3n) is 3.24. The quantitative estimate of drug-likeness (QED) is 0.534. The maximum Gasteiger partial charge on any atom is 0.270 e. The molecular weight excluding hydrogens is 270 g/mol. The van der Waals surface area contributed by atoms with Gasteiger partial charge in [-0.2, -0.15) is 0 Å². The van der Waals surface area contributed by atoms with E-state index in [1.54, 1.807) is 19.1 Å². The highest BCUT2D eigenvalue weighted by Crippen LogP contribution is 2.18. The fraction of sp³-hybridized carbons (Fsp3) is 0.0667. The van der Waals surface area contributed by atoms with Crippen LogP contribution >= 0.6 is 0 Å². The number of para-hydroxylation sites is 1. The number of aromatic nitrogens is 2. The van der Waals surface area contributed by atoms with Gasteiger partial charge in [0, 0.05) is 12.1 Å². The van der Waals surface area contributed by atoms with Crippen molar-refractivity contribution in [1.82, 2.24) is 9.55 Å². The zero-order valence-electron chi connectivity index (χ0n) is 11.2. The number of hydrogen-bond donors (Lipinski definition) is 0. The molecule has 0 bridgehead atoms. The minimum Gasteiger partial charge on any atom is -0.268 e. The Balaban J connectivity index is 2.36. The van der Waals surface area contributed by atoms with Crippen molar-refractivity contribution in [1.29, 1.82) is 0 Å². The first-order valence-corrected chi connectivity index (χ1v) is 6.31. The molecule has 0 aliphatic carbocycles. The Labute approximate surface area is 119 Å². The minimum absolute atomic E-state index is 0.120. The Kier molecular flexibility index (Phi) is 2.98. The molecule has 0 fully saturated rings. The van der Waals surface area contributed by atoms with E-state index in [9.17, 15) is 14.9 Å². The van der Waals surface area contributed by atoms with Crippen molar-refractivity contribution in [2.75, 3.05) is 0 Å². The summed E-state index contributed by atoms with van der Waals surface area (Å²) in [6.07, 6.45) is 0. The van der Waals surface area contributed by atoms with E-state index in [4.69, 9.17) is 0 Å². The van der Waals surface area contributed by atoms with Gasteiger partial charge in [0.05, 0.1) is 21.5 Å². The summed E-state index contributed by atoms with van der Waals surface area (Å²) in [5.74, 6) is 0.535. The Morgan fingerprint density at radius 2 is 1.86 bits per heavy atom. The van der Waals surface area contributed by atoms with Crippen LogP contribution in [0.2, 0.25) is 0 Å². The van der Waals surface area contributed by atoms with E-state index in [2.05, 4.69) is 4.98 Å². The van der Waals surface area contributed by atoms with Crippen LogP contribution in [0.4, 0.5) is 5.69 Å². The fourth-order valence-corrected chi connectivity index (χ4v) is 2.28. The lowest BCUT2D eigenvalue weighted by Gasteiger charge is -2.10. The number of non-ortho nitro benzene ring substituents is 1. The molecule has 0 aliphatic rings. The van der Waals surface area contributed by atoms with Gasteiger partial charge in [-0.1, -0.05) is 18.2 Å². The smallest absolute Gasteiger partial charge is 0.268 e. The molecule has 0 radical (unpaired) electrons. The van der Waals surface area contributed by atoms with Gasteiger partial charge in [0.25, 0.3) is 11.2 Å². The molecule has 3 aromatic rings. The molecule has 0 atom stereocenters. The maximum atomic E-state index is 12.6. The zero-order valence-corrected chi connectivity index (χ0v) is 11.2. The number of hydrogen-bond acceptors (Lipinski definition) is 4. The van der Waals surface area contributed by atoms with E-state index >= 15 is 0 Å². The van der Waals surface area contributed by atoms with E-state index in [-0.39, 0.29) is 16.6 Å². The maximum absolute atomic E-state index is 12.6. The van der Waals surface area contributed by atoms with E-state index in [0.29, 0.717) is 17.0 Å². The highest BCUT2D eigenvalue weighted by Gasteiger charge is 2.13. The number of nitro groups is 1. The van der Waals surface area contributed by atoms with Crippen LogP contribution in [-0.4, -0.2) is 14.5 Å². The van der Waals surface area contributed by atoms with Gasteiger partial charge in [-0.3, -0.25) is 19.5 Å². The predicted octanol–water partition coefficient (Wildman–Crippen LogP) is 2.60. The summed E-state index contributed by atoms with van der Waals surface area (Å²) in [6.45, 7) is 1.73. The van der Waals surface area contributed by atoms with Crippen LogP contribution in [-0.2, 0) is 0 Å². The Hall–Kier alpha value is -3.02. The Morgan fingerprint density at radius 3 is 2.52 bits per heavy atom. The molecule has 0 amide bonds. The van der Waals surface area contributed by atoms with Crippen molar-refractivity contribution in [3.05, 3.63) is 74.8 Å². The fourth-order valence-electron chi connectivity index (χ4n) is 2.28. The van der Waals surface area contributed by atoms with Gasteiger partial charge in [0.2, 0.25) is 0 Å². The molecule has 0 unspecified atom stereocenters. The normalized spacial score (nSPS) is 10.7. The van der Waals surface area contributed by atoms with Crippen LogP contribution in [0.5, 0.6) is 0 Å². The number of aryl methyl sites for hydroxylation is 1. The van der Waals surface area contributed by atoms with Crippen LogP contribution in [0, 0.1) is 17.0 Å². The second-order valence-corrected chi connectivity index (χ2v) is 4.59. The molecule has 0 aliphatic heterocycles. The zero-order chi connectivity index (χ0) is 15.0. The molecule has 0 saturated carbocycles. The number of fused-ring (bicyclic) bond motifs is 1. The monoisotopic (exact) mass is 281 g/mol. The molecule has 1 aromatic heterocycles. The first-order valence-electron chi connectivity index (χ1n) is 6.31. The largest absolute Gasteiger partial charge is 0.270 e.